The number of fused-ring (bicyclic) bond motifs is 1. The lowest BCUT2D eigenvalue weighted by molar-refractivity contribution is -0.136. The fourth-order valence-corrected chi connectivity index (χ4v) is 4.01. The number of rotatable bonds is 6. The van der Waals surface area contributed by atoms with Crippen LogP contribution in [0, 0.1) is 5.82 Å². The van der Waals surface area contributed by atoms with Crippen LogP contribution < -0.4 is 5.32 Å². The van der Waals surface area contributed by atoms with E-state index in [2.05, 4.69) is 15.3 Å². The van der Waals surface area contributed by atoms with Crippen LogP contribution in [0.5, 0.6) is 0 Å². The largest absolute Gasteiger partial charge is 0.418 e. The highest BCUT2D eigenvalue weighted by atomic mass is 32.2. The average molecular weight is 471 g/mol. The smallest absolute Gasteiger partial charge is 0.351 e. The number of nitrogens with zero attached hydrogens (tertiary/aromatic N) is 2. The van der Waals surface area contributed by atoms with Gasteiger partial charge in [-0.05, 0) is 23.8 Å². The molecule has 0 bridgehead atoms. The van der Waals surface area contributed by atoms with E-state index in [-0.39, 0.29) is 45.8 Å². The van der Waals surface area contributed by atoms with Gasteiger partial charge in [0.1, 0.15) is 10.8 Å². The molecular weight excluding hydrogens is 454 g/mol. The summed E-state index contributed by atoms with van der Waals surface area (Å²) in [7, 11) is 0. The van der Waals surface area contributed by atoms with Gasteiger partial charge in [0.25, 0.3) is 0 Å². The monoisotopic (exact) mass is 471 g/mol. The lowest BCUT2D eigenvalue weighted by Gasteiger charge is -2.13. The third-order valence-corrected chi connectivity index (χ3v) is 5.76. The molecule has 4 rings (SSSR count). The zero-order chi connectivity index (χ0) is 23.4. The molecule has 0 aliphatic heterocycles. The second-order valence-corrected chi connectivity index (χ2v) is 8.07. The molecule has 0 aliphatic rings. The summed E-state index contributed by atoms with van der Waals surface area (Å²) in [6, 6.07) is 18.2. The van der Waals surface area contributed by atoms with E-state index in [9.17, 15) is 22.4 Å². The molecule has 0 saturated carbocycles. The Labute approximate surface area is 191 Å². The molecule has 0 spiro atoms. The predicted molar refractivity (Wildman–Crippen MR) is 119 cm³/mol. The van der Waals surface area contributed by atoms with Crippen molar-refractivity contribution in [2.75, 3.05) is 5.75 Å². The van der Waals surface area contributed by atoms with Gasteiger partial charge >= 0.3 is 6.18 Å². The molecule has 33 heavy (non-hydrogen) atoms. The van der Waals surface area contributed by atoms with E-state index >= 15 is 0 Å². The molecule has 0 fully saturated rings. The van der Waals surface area contributed by atoms with Crippen LogP contribution in [0.25, 0.3) is 22.3 Å². The van der Waals surface area contributed by atoms with Gasteiger partial charge in [0.15, 0.2) is 5.82 Å². The summed E-state index contributed by atoms with van der Waals surface area (Å²) in [6.07, 6.45) is -4.59. The highest BCUT2D eigenvalue weighted by Gasteiger charge is 2.34. The number of hydrogen-bond donors (Lipinski definition) is 1. The molecule has 0 saturated heterocycles. The van der Waals surface area contributed by atoms with E-state index < -0.39 is 11.7 Å². The molecule has 168 valence electrons. The number of nitrogens with one attached hydrogen (secondary N) is 1. The second-order valence-electron chi connectivity index (χ2n) is 7.11. The first-order chi connectivity index (χ1) is 15.8. The van der Waals surface area contributed by atoms with Crippen LogP contribution in [0.2, 0.25) is 0 Å². The molecule has 1 aromatic heterocycles. The van der Waals surface area contributed by atoms with Crippen molar-refractivity contribution in [1.29, 1.82) is 0 Å². The van der Waals surface area contributed by atoms with Crippen LogP contribution in [0.3, 0.4) is 0 Å². The SMILES string of the molecule is O=C(CSc1nc(-c2ccccc2)nc2c(C(F)(F)F)cccc12)NCc1ccc(F)cc1. The van der Waals surface area contributed by atoms with Gasteiger partial charge in [0.05, 0.1) is 16.8 Å². The van der Waals surface area contributed by atoms with Crippen molar-refractivity contribution in [2.24, 2.45) is 0 Å². The maximum atomic E-state index is 13.6. The Kier molecular flexibility index (Phi) is 6.60. The summed E-state index contributed by atoms with van der Waals surface area (Å²) in [5.41, 5.74) is 0.220. The minimum absolute atomic E-state index is 0.0578. The number of hydrogen-bond acceptors (Lipinski definition) is 4. The van der Waals surface area contributed by atoms with Crippen LogP contribution in [0.4, 0.5) is 17.6 Å². The van der Waals surface area contributed by atoms with Crippen molar-refractivity contribution < 1.29 is 22.4 Å². The summed E-state index contributed by atoms with van der Waals surface area (Å²) in [6.45, 7) is 0.206. The zero-order valence-corrected chi connectivity index (χ0v) is 17.9. The maximum absolute atomic E-state index is 13.6. The average Bonchev–Trinajstić information content (AvgIpc) is 2.81. The molecule has 0 atom stereocenters. The molecule has 1 N–H and O–H groups in total. The van der Waals surface area contributed by atoms with Gasteiger partial charge in [0.2, 0.25) is 5.91 Å². The highest BCUT2D eigenvalue weighted by molar-refractivity contribution is 8.00. The van der Waals surface area contributed by atoms with E-state index in [0.29, 0.717) is 5.56 Å². The van der Waals surface area contributed by atoms with Gasteiger partial charge in [-0.3, -0.25) is 4.79 Å². The van der Waals surface area contributed by atoms with Gasteiger partial charge < -0.3 is 5.32 Å². The van der Waals surface area contributed by atoms with Gasteiger partial charge in [-0.2, -0.15) is 13.2 Å². The molecule has 3 aromatic carbocycles. The topological polar surface area (TPSA) is 54.9 Å². The Morgan fingerprint density at radius 3 is 2.33 bits per heavy atom. The lowest BCUT2D eigenvalue weighted by atomic mass is 10.1. The summed E-state index contributed by atoms with van der Waals surface area (Å²) in [5, 5.41) is 3.22. The Morgan fingerprint density at radius 2 is 1.64 bits per heavy atom. The number of aromatic nitrogens is 2. The standard InChI is InChI=1S/C24H17F4N3OS/c25-17-11-9-15(10-12-17)13-29-20(32)14-33-23-18-7-4-8-19(24(26,27)28)21(18)30-22(31-23)16-5-2-1-3-6-16/h1-12H,13-14H2,(H,29,32). The summed E-state index contributed by atoms with van der Waals surface area (Å²) < 4.78 is 53.9. The number of benzene rings is 3. The van der Waals surface area contributed by atoms with Crippen LogP contribution in [0.15, 0.2) is 77.8 Å². The summed E-state index contributed by atoms with van der Waals surface area (Å²) >= 11 is 1.03. The van der Waals surface area contributed by atoms with Crippen LogP contribution >= 0.6 is 11.8 Å². The first kappa shape index (κ1) is 22.7. The van der Waals surface area contributed by atoms with Crippen LogP contribution in [-0.4, -0.2) is 21.6 Å². The molecule has 0 radical (unpaired) electrons. The normalized spacial score (nSPS) is 11.5. The van der Waals surface area contributed by atoms with Crippen molar-refractivity contribution in [3.05, 3.63) is 89.7 Å². The quantitative estimate of drug-likeness (QED) is 0.217. The zero-order valence-electron chi connectivity index (χ0n) is 17.1. The van der Waals surface area contributed by atoms with Gasteiger partial charge in [-0.15, -0.1) is 0 Å². The van der Waals surface area contributed by atoms with Crippen molar-refractivity contribution in [2.45, 2.75) is 17.7 Å². The summed E-state index contributed by atoms with van der Waals surface area (Å²) in [5.74, 6) is -0.611. The van der Waals surface area contributed by atoms with Gasteiger partial charge in [-0.25, -0.2) is 14.4 Å². The van der Waals surface area contributed by atoms with Crippen molar-refractivity contribution in [3.8, 4) is 11.4 Å². The van der Waals surface area contributed by atoms with Crippen LogP contribution in [0.1, 0.15) is 11.1 Å². The van der Waals surface area contributed by atoms with E-state index in [1.807, 2.05) is 0 Å². The van der Waals surface area contributed by atoms with Gasteiger partial charge in [-0.1, -0.05) is 66.4 Å². The minimum atomic E-state index is -4.59. The third-order valence-electron chi connectivity index (χ3n) is 4.77. The number of thioether (sulfide) groups is 1. The number of carbonyl (C=O) groups is 1. The van der Waals surface area contributed by atoms with E-state index in [1.165, 1.54) is 24.3 Å². The van der Waals surface area contributed by atoms with E-state index in [4.69, 9.17) is 0 Å². The van der Waals surface area contributed by atoms with Crippen LogP contribution in [-0.2, 0) is 17.5 Å². The third kappa shape index (κ3) is 5.48. The molecular formula is C24H17F4N3OS. The fourth-order valence-electron chi connectivity index (χ4n) is 3.17. The number of para-hydroxylation sites is 1. The van der Waals surface area contributed by atoms with Crippen molar-refractivity contribution >= 4 is 28.6 Å². The van der Waals surface area contributed by atoms with E-state index in [0.717, 1.165) is 23.4 Å². The lowest BCUT2D eigenvalue weighted by Crippen LogP contribution is -2.24. The Morgan fingerprint density at radius 1 is 0.909 bits per heavy atom. The second kappa shape index (κ2) is 9.58. The Hall–Kier alpha value is -3.46. The fraction of sp³-hybridized carbons (Fsp3) is 0.125. The van der Waals surface area contributed by atoms with E-state index in [1.54, 1.807) is 42.5 Å². The Balaban J connectivity index is 1.61. The first-order valence-electron chi connectivity index (χ1n) is 9.88. The molecule has 4 nitrogen and oxygen atoms in total. The highest BCUT2D eigenvalue weighted by Crippen LogP contribution is 2.37. The number of amides is 1. The number of carbonyl (C=O) groups excluding carboxylic acids is 1. The molecule has 9 heteroatoms. The van der Waals surface area contributed by atoms with Crippen molar-refractivity contribution in [3.63, 3.8) is 0 Å². The predicted octanol–water partition coefficient (Wildman–Crippen LogP) is 5.86. The maximum Gasteiger partial charge on any atom is 0.418 e. The minimum Gasteiger partial charge on any atom is -0.351 e. The molecule has 4 aromatic rings. The molecule has 0 unspecified atom stereocenters. The van der Waals surface area contributed by atoms with Gasteiger partial charge in [0, 0.05) is 17.5 Å². The Bertz CT molecular complexity index is 1280. The first-order valence-corrected chi connectivity index (χ1v) is 10.9. The van der Waals surface area contributed by atoms with Crippen molar-refractivity contribution in [1.82, 2.24) is 15.3 Å². The summed E-state index contributed by atoms with van der Waals surface area (Å²) in [4.78, 5) is 21.0. The molecule has 1 amide bonds. The number of alkyl halides is 3. The molecule has 1 heterocycles. The number of halogens is 4. The molecule has 0 aliphatic carbocycles.